The summed E-state index contributed by atoms with van der Waals surface area (Å²) in [4.78, 5) is 12.2. The Morgan fingerprint density at radius 1 is 1.65 bits per heavy atom. The Balaban J connectivity index is 2.48. The third-order valence-corrected chi connectivity index (χ3v) is 3.26. The maximum Gasteiger partial charge on any atom is 0.262 e. The zero-order valence-corrected chi connectivity index (χ0v) is 10.8. The van der Waals surface area contributed by atoms with Crippen LogP contribution in [0.5, 0.6) is 0 Å². The topological polar surface area (TPSA) is 73.1 Å². The molecule has 0 aliphatic heterocycles. The largest absolute Gasteiger partial charge is 0.393 e. The van der Waals surface area contributed by atoms with Gasteiger partial charge in [0.15, 0.2) is 0 Å². The highest BCUT2D eigenvalue weighted by atomic mass is 32.1. The zero-order chi connectivity index (χ0) is 12.8. The minimum atomic E-state index is -0.363. The maximum atomic E-state index is 11.8. The number of nitrogens with one attached hydrogen (secondary N) is 1. The van der Waals surface area contributed by atoms with Crippen LogP contribution < -0.4 is 5.32 Å². The number of nitrogens with zero attached hydrogens (tertiary/aromatic N) is 1. The molecule has 1 aromatic heterocycles. The fraction of sp³-hybridized carbons (Fsp3) is 0.500. The van der Waals surface area contributed by atoms with Crippen LogP contribution in [-0.2, 0) is 0 Å². The summed E-state index contributed by atoms with van der Waals surface area (Å²) < 4.78 is 0. The molecule has 0 saturated carbocycles. The smallest absolute Gasteiger partial charge is 0.262 e. The van der Waals surface area contributed by atoms with Crippen molar-refractivity contribution in [2.45, 2.75) is 26.4 Å². The number of nitriles is 1. The van der Waals surface area contributed by atoms with Gasteiger partial charge in [-0.25, -0.2) is 0 Å². The highest BCUT2D eigenvalue weighted by Crippen LogP contribution is 2.15. The van der Waals surface area contributed by atoms with Crippen LogP contribution in [-0.4, -0.2) is 23.7 Å². The monoisotopic (exact) mass is 252 g/mol. The molecule has 2 unspecified atom stereocenters. The third kappa shape index (κ3) is 4.17. The fourth-order valence-corrected chi connectivity index (χ4v) is 2.35. The molecule has 5 heteroatoms. The second-order valence-electron chi connectivity index (χ2n) is 4.18. The van der Waals surface area contributed by atoms with E-state index in [1.165, 1.54) is 11.3 Å². The van der Waals surface area contributed by atoms with Gasteiger partial charge < -0.3 is 10.4 Å². The van der Waals surface area contributed by atoms with Crippen LogP contribution in [0.2, 0.25) is 0 Å². The average molecular weight is 252 g/mol. The van der Waals surface area contributed by atoms with E-state index in [2.05, 4.69) is 5.32 Å². The lowest BCUT2D eigenvalue weighted by molar-refractivity contribution is 0.0943. The molecule has 0 spiro atoms. The van der Waals surface area contributed by atoms with E-state index in [-0.39, 0.29) is 17.9 Å². The number of aliphatic hydroxyl groups excluding tert-OH is 1. The van der Waals surface area contributed by atoms with E-state index >= 15 is 0 Å². The van der Waals surface area contributed by atoms with Crippen molar-refractivity contribution in [3.63, 3.8) is 0 Å². The van der Waals surface area contributed by atoms with Crippen molar-refractivity contribution in [3.8, 4) is 6.07 Å². The summed E-state index contributed by atoms with van der Waals surface area (Å²) >= 11 is 1.26. The third-order valence-electron chi connectivity index (χ3n) is 2.35. The number of amides is 1. The molecule has 2 N–H and O–H groups in total. The van der Waals surface area contributed by atoms with E-state index < -0.39 is 0 Å². The van der Waals surface area contributed by atoms with Crippen molar-refractivity contribution in [1.29, 1.82) is 5.26 Å². The summed E-state index contributed by atoms with van der Waals surface area (Å²) in [7, 11) is 0. The molecule has 4 nitrogen and oxygen atoms in total. The SMILES string of the molecule is CC(O)CC(C)CNC(=O)c1sccc1C#N. The Morgan fingerprint density at radius 2 is 2.35 bits per heavy atom. The van der Waals surface area contributed by atoms with E-state index in [0.717, 1.165) is 0 Å². The normalized spacial score (nSPS) is 13.8. The highest BCUT2D eigenvalue weighted by molar-refractivity contribution is 7.12. The van der Waals surface area contributed by atoms with Gasteiger partial charge in [-0.15, -0.1) is 11.3 Å². The Bertz CT molecular complexity index is 420. The van der Waals surface area contributed by atoms with Gasteiger partial charge in [-0.2, -0.15) is 5.26 Å². The van der Waals surface area contributed by atoms with Gasteiger partial charge in [0.1, 0.15) is 10.9 Å². The second kappa shape index (κ2) is 6.38. The van der Waals surface area contributed by atoms with Crippen molar-refractivity contribution >= 4 is 17.2 Å². The molecule has 1 amide bonds. The van der Waals surface area contributed by atoms with Crippen molar-refractivity contribution in [3.05, 3.63) is 21.9 Å². The van der Waals surface area contributed by atoms with Gasteiger partial charge in [0.05, 0.1) is 11.7 Å². The Morgan fingerprint density at radius 3 is 2.94 bits per heavy atom. The van der Waals surface area contributed by atoms with E-state index in [4.69, 9.17) is 5.26 Å². The molecular formula is C12H16N2O2S. The second-order valence-corrected chi connectivity index (χ2v) is 5.09. The lowest BCUT2D eigenvalue weighted by Crippen LogP contribution is -2.29. The molecule has 1 heterocycles. The Kier molecular flexibility index (Phi) is 5.13. The molecule has 0 fully saturated rings. The minimum absolute atomic E-state index is 0.212. The van der Waals surface area contributed by atoms with Crippen molar-refractivity contribution in [2.24, 2.45) is 5.92 Å². The first-order chi connectivity index (χ1) is 8.04. The average Bonchev–Trinajstić information content (AvgIpc) is 2.72. The highest BCUT2D eigenvalue weighted by Gasteiger charge is 2.14. The van der Waals surface area contributed by atoms with E-state index in [0.29, 0.717) is 23.4 Å². The number of rotatable bonds is 5. The summed E-state index contributed by atoms with van der Waals surface area (Å²) in [5, 5.41) is 22.5. The standard InChI is InChI=1S/C12H16N2O2S/c1-8(5-9(2)15)7-14-12(16)11-10(6-13)3-4-17-11/h3-4,8-9,15H,5,7H2,1-2H3,(H,14,16). The number of carbonyl (C=O) groups excluding carboxylic acids is 1. The predicted molar refractivity (Wildman–Crippen MR) is 66.8 cm³/mol. The first-order valence-electron chi connectivity index (χ1n) is 5.48. The molecule has 0 bridgehead atoms. The lowest BCUT2D eigenvalue weighted by Gasteiger charge is -2.13. The molecule has 0 saturated heterocycles. The van der Waals surface area contributed by atoms with E-state index in [1.807, 2.05) is 13.0 Å². The predicted octanol–water partition coefficient (Wildman–Crippen LogP) is 1.76. The summed E-state index contributed by atoms with van der Waals surface area (Å²) in [6.07, 6.45) is 0.286. The molecule has 17 heavy (non-hydrogen) atoms. The molecule has 1 rings (SSSR count). The van der Waals surface area contributed by atoms with Gasteiger partial charge in [-0.1, -0.05) is 6.92 Å². The molecule has 0 aromatic carbocycles. The first-order valence-corrected chi connectivity index (χ1v) is 6.36. The van der Waals surface area contributed by atoms with Gasteiger partial charge >= 0.3 is 0 Å². The van der Waals surface area contributed by atoms with Crippen LogP contribution in [0.3, 0.4) is 0 Å². The molecule has 0 aliphatic carbocycles. The number of thiophene rings is 1. The van der Waals surface area contributed by atoms with Crippen molar-refractivity contribution < 1.29 is 9.90 Å². The van der Waals surface area contributed by atoms with E-state index in [9.17, 15) is 9.90 Å². The summed E-state index contributed by atoms with van der Waals surface area (Å²) in [5.41, 5.74) is 0.413. The van der Waals surface area contributed by atoms with Crippen LogP contribution >= 0.6 is 11.3 Å². The van der Waals surface area contributed by atoms with E-state index in [1.54, 1.807) is 18.4 Å². The number of hydrogen-bond donors (Lipinski definition) is 2. The maximum absolute atomic E-state index is 11.8. The molecule has 2 atom stereocenters. The summed E-state index contributed by atoms with van der Waals surface area (Å²) in [5.74, 6) is -0.00144. The van der Waals surface area contributed by atoms with Crippen LogP contribution in [0.15, 0.2) is 11.4 Å². The molecular weight excluding hydrogens is 236 g/mol. The fourth-order valence-electron chi connectivity index (χ4n) is 1.59. The van der Waals surface area contributed by atoms with Crippen LogP contribution in [0, 0.1) is 17.2 Å². The molecule has 1 aromatic rings. The minimum Gasteiger partial charge on any atom is -0.393 e. The first kappa shape index (κ1) is 13.7. The molecule has 92 valence electrons. The quantitative estimate of drug-likeness (QED) is 0.838. The molecule has 0 radical (unpaired) electrons. The lowest BCUT2D eigenvalue weighted by atomic mass is 10.0. The number of hydrogen-bond acceptors (Lipinski definition) is 4. The Labute approximate surface area is 105 Å². The number of carbonyl (C=O) groups is 1. The van der Waals surface area contributed by atoms with Crippen LogP contribution in [0.4, 0.5) is 0 Å². The van der Waals surface area contributed by atoms with Gasteiger partial charge in [0.2, 0.25) is 0 Å². The van der Waals surface area contributed by atoms with Crippen LogP contribution in [0.1, 0.15) is 35.5 Å². The number of aliphatic hydroxyl groups is 1. The van der Waals surface area contributed by atoms with Gasteiger partial charge in [-0.3, -0.25) is 4.79 Å². The van der Waals surface area contributed by atoms with Gasteiger partial charge in [0.25, 0.3) is 5.91 Å². The van der Waals surface area contributed by atoms with Crippen molar-refractivity contribution in [2.75, 3.05) is 6.54 Å². The van der Waals surface area contributed by atoms with Gasteiger partial charge in [-0.05, 0) is 30.7 Å². The summed E-state index contributed by atoms with van der Waals surface area (Å²) in [6.45, 7) is 4.20. The summed E-state index contributed by atoms with van der Waals surface area (Å²) in [6, 6.07) is 3.62. The van der Waals surface area contributed by atoms with Crippen LogP contribution in [0.25, 0.3) is 0 Å². The zero-order valence-electron chi connectivity index (χ0n) is 9.93. The van der Waals surface area contributed by atoms with Crippen molar-refractivity contribution in [1.82, 2.24) is 5.32 Å². The van der Waals surface area contributed by atoms with Gasteiger partial charge in [0, 0.05) is 6.54 Å². The Hall–Kier alpha value is -1.38. The molecule has 0 aliphatic rings.